The predicted molar refractivity (Wildman–Crippen MR) is 79.5 cm³/mol. The highest BCUT2D eigenvalue weighted by Gasteiger charge is 2.10. The molecule has 6 nitrogen and oxygen atoms in total. The molecule has 0 atom stereocenters. The Bertz CT molecular complexity index is 808. The summed E-state index contributed by atoms with van der Waals surface area (Å²) in [6, 6.07) is 9.77. The van der Waals surface area contributed by atoms with E-state index in [0.29, 0.717) is 17.1 Å². The summed E-state index contributed by atoms with van der Waals surface area (Å²) in [6.45, 7) is 0.0413. The molecule has 2 aromatic heterocycles. The van der Waals surface area contributed by atoms with Gasteiger partial charge in [-0.2, -0.15) is 10.2 Å². The van der Waals surface area contributed by atoms with E-state index in [9.17, 15) is 9.18 Å². The summed E-state index contributed by atoms with van der Waals surface area (Å²) in [6.07, 6.45) is 3.24. The Kier molecular flexibility index (Phi) is 3.69. The van der Waals surface area contributed by atoms with Gasteiger partial charge in [0.2, 0.25) is 5.91 Å². The number of rotatable bonds is 4. The first-order valence-corrected chi connectivity index (χ1v) is 6.70. The minimum atomic E-state index is -0.341. The van der Waals surface area contributed by atoms with Crippen molar-refractivity contribution in [1.82, 2.24) is 19.6 Å². The van der Waals surface area contributed by atoms with Crippen LogP contribution in [-0.4, -0.2) is 25.5 Å². The van der Waals surface area contributed by atoms with Crippen molar-refractivity contribution >= 4 is 11.7 Å². The second-order valence-corrected chi connectivity index (χ2v) is 4.77. The number of carbonyl (C=O) groups is 1. The van der Waals surface area contributed by atoms with Crippen LogP contribution in [0.15, 0.2) is 48.8 Å². The van der Waals surface area contributed by atoms with Gasteiger partial charge in [-0.25, -0.2) is 4.39 Å². The molecular formula is C15H14FN5O. The number of hydrogen-bond donors (Lipinski definition) is 1. The summed E-state index contributed by atoms with van der Waals surface area (Å²) in [4.78, 5) is 12.0. The minimum Gasteiger partial charge on any atom is -0.309 e. The normalized spacial score (nSPS) is 10.6. The van der Waals surface area contributed by atoms with Crippen LogP contribution in [0.2, 0.25) is 0 Å². The fourth-order valence-electron chi connectivity index (χ4n) is 2.09. The van der Waals surface area contributed by atoms with Gasteiger partial charge in [0.1, 0.15) is 18.2 Å². The molecule has 0 unspecified atom stereocenters. The lowest BCUT2D eigenvalue weighted by Gasteiger charge is -2.05. The molecule has 0 aliphatic carbocycles. The number of aryl methyl sites for hydroxylation is 1. The lowest BCUT2D eigenvalue weighted by molar-refractivity contribution is -0.116. The molecule has 112 valence electrons. The van der Waals surface area contributed by atoms with Gasteiger partial charge in [0.25, 0.3) is 0 Å². The van der Waals surface area contributed by atoms with E-state index < -0.39 is 0 Å². The lowest BCUT2D eigenvalue weighted by atomic mass is 10.1. The van der Waals surface area contributed by atoms with Crippen molar-refractivity contribution in [3.8, 4) is 11.3 Å². The van der Waals surface area contributed by atoms with E-state index in [2.05, 4.69) is 15.5 Å². The summed E-state index contributed by atoms with van der Waals surface area (Å²) in [5, 5.41) is 10.9. The van der Waals surface area contributed by atoms with E-state index in [4.69, 9.17) is 0 Å². The summed E-state index contributed by atoms with van der Waals surface area (Å²) in [7, 11) is 1.74. The average molecular weight is 299 g/mol. The molecule has 0 fully saturated rings. The van der Waals surface area contributed by atoms with Gasteiger partial charge in [-0.3, -0.25) is 14.2 Å². The molecule has 0 saturated carbocycles. The predicted octanol–water partition coefficient (Wildman–Crippen LogP) is 2.06. The van der Waals surface area contributed by atoms with E-state index in [1.807, 2.05) is 0 Å². The van der Waals surface area contributed by atoms with Gasteiger partial charge < -0.3 is 5.32 Å². The quantitative estimate of drug-likeness (QED) is 0.802. The zero-order valence-corrected chi connectivity index (χ0v) is 11.9. The van der Waals surface area contributed by atoms with Crippen molar-refractivity contribution in [2.45, 2.75) is 6.54 Å². The van der Waals surface area contributed by atoms with Crippen LogP contribution in [0.4, 0.5) is 10.2 Å². The Balaban J connectivity index is 1.71. The van der Waals surface area contributed by atoms with Crippen LogP contribution >= 0.6 is 0 Å². The number of hydrogen-bond acceptors (Lipinski definition) is 3. The lowest BCUT2D eigenvalue weighted by Crippen LogP contribution is -2.20. The summed E-state index contributed by atoms with van der Waals surface area (Å²) in [5.74, 6) is 0.0327. The maximum atomic E-state index is 13.7. The molecule has 1 amide bonds. The van der Waals surface area contributed by atoms with Crippen molar-refractivity contribution in [2.24, 2.45) is 7.05 Å². The third-order valence-corrected chi connectivity index (χ3v) is 3.18. The van der Waals surface area contributed by atoms with Gasteiger partial charge in [0.05, 0.1) is 11.9 Å². The first-order chi connectivity index (χ1) is 10.6. The van der Waals surface area contributed by atoms with Crippen LogP contribution in [0.25, 0.3) is 11.3 Å². The number of nitrogens with zero attached hydrogens (tertiary/aromatic N) is 4. The standard InChI is InChI=1S/C15H14FN5O/c1-20-14(6-8-17-20)18-15(22)10-21-9-7-13(19-21)11-4-2-3-5-12(11)16/h2-9H,10H2,1H3,(H,18,22). The van der Waals surface area contributed by atoms with Crippen molar-refractivity contribution in [1.29, 1.82) is 0 Å². The first kappa shape index (κ1) is 14.0. The SMILES string of the molecule is Cn1nccc1NC(=O)Cn1ccc(-c2ccccc2F)n1. The van der Waals surface area contributed by atoms with Crippen LogP contribution in [-0.2, 0) is 18.4 Å². The molecule has 0 spiro atoms. The topological polar surface area (TPSA) is 64.7 Å². The molecule has 22 heavy (non-hydrogen) atoms. The van der Waals surface area contributed by atoms with Crippen LogP contribution < -0.4 is 5.32 Å². The number of carbonyl (C=O) groups excluding carboxylic acids is 1. The van der Waals surface area contributed by atoms with Gasteiger partial charge in [0.15, 0.2) is 0 Å². The Morgan fingerprint density at radius 1 is 1.27 bits per heavy atom. The second-order valence-electron chi connectivity index (χ2n) is 4.77. The number of anilines is 1. The number of nitrogens with one attached hydrogen (secondary N) is 1. The Morgan fingerprint density at radius 3 is 2.82 bits per heavy atom. The van der Waals surface area contributed by atoms with Crippen molar-refractivity contribution in [3.05, 3.63) is 54.6 Å². The molecule has 0 bridgehead atoms. The van der Waals surface area contributed by atoms with Crippen LogP contribution in [0.1, 0.15) is 0 Å². The summed E-state index contributed by atoms with van der Waals surface area (Å²) in [5.41, 5.74) is 0.903. The van der Waals surface area contributed by atoms with Crippen LogP contribution in [0.5, 0.6) is 0 Å². The van der Waals surface area contributed by atoms with E-state index >= 15 is 0 Å². The molecule has 0 aliphatic heterocycles. The molecular weight excluding hydrogens is 285 g/mol. The summed E-state index contributed by atoms with van der Waals surface area (Å²) < 4.78 is 16.7. The molecule has 3 aromatic rings. The maximum absolute atomic E-state index is 13.7. The van der Waals surface area contributed by atoms with E-state index in [0.717, 1.165) is 0 Å². The second kappa shape index (κ2) is 5.80. The monoisotopic (exact) mass is 299 g/mol. The highest BCUT2D eigenvalue weighted by Crippen LogP contribution is 2.20. The number of halogens is 1. The fourth-order valence-corrected chi connectivity index (χ4v) is 2.09. The third kappa shape index (κ3) is 2.88. The largest absolute Gasteiger partial charge is 0.309 e. The number of aromatic nitrogens is 4. The van der Waals surface area contributed by atoms with Gasteiger partial charge in [-0.05, 0) is 18.2 Å². The molecule has 0 aliphatic rings. The van der Waals surface area contributed by atoms with Crippen molar-refractivity contribution < 1.29 is 9.18 Å². The smallest absolute Gasteiger partial charge is 0.247 e. The summed E-state index contributed by atoms with van der Waals surface area (Å²) >= 11 is 0. The van der Waals surface area contributed by atoms with E-state index in [1.165, 1.54) is 10.7 Å². The first-order valence-electron chi connectivity index (χ1n) is 6.70. The molecule has 3 rings (SSSR count). The molecule has 0 saturated heterocycles. The Morgan fingerprint density at radius 2 is 2.09 bits per heavy atom. The maximum Gasteiger partial charge on any atom is 0.247 e. The van der Waals surface area contributed by atoms with Crippen LogP contribution in [0, 0.1) is 5.82 Å². The zero-order chi connectivity index (χ0) is 15.5. The third-order valence-electron chi connectivity index (χ3n) is 3.18. The molecule has 7 heteroatoms. The zero-order valence-electron chi connectivity index (χ0n) is 11.9. The van der Waals surface area contributed by atoms with Crippen LogP contribution in [0.3, 0.4) is 0 Å². The number of amides is 1. The molecule has 2 heterocycles. The minimum absolute atomic E-state index is 0.0413. The van der Waals surface area contributed by atoms with Gasteiger partial charge in [-0.1, -0.05) is 12.1 Å². The molecule has 1 aromatic carbocycles. The average Bonchev–Trinajstić information content (AvgIpc) is 3.10. The van der Waals surface area contributed by atoms with E-state index in [1.54, 1.807) is 54.5 Å². The molecule has 0 radical (unpaired) electrons. The Labute approximate surface area is 126 Å². The Hall–Kier alpha value is -2.96. The van der Waals surface area contributed by atoms with Crippen molar-refractivity contribution in [2.75, 3.05) is 5.32 Å². The van der Waals surface area contributed by atoms with Crippen molar-refractivity contribution in [3.63, 3.8) is 0 Å². The van der Waals surface area contributed by atoms with E-state index in [-0.39, 0.29) is 18.3 Å². The highest BCUT2D eigenvalue weighted by atomic mass is 19.1. The molecule has 1 N–H and O–H groups in total. The van der Waals surface area contributed by atoms with Gasteiger partial charge in [0, 0.05) is 24.9 Å². The highest BCUT2D eigenvalue weighted by molar-refractivity contribution is 5.89. The fraction of sp³-hybridized carbons (Fsp3) is 0.133. The van der Waals surface area contributed by atoms with Gasteiger partial charge in [-0.15, -0.1) is 0 Å². The van der Waals surface area contributed by atoms with Gasteiger partial charge >= 0.3 is 0 Å². The number of benzene rings is 1.